The van der Waals surface area contributed by atoms with E-state index in [4.69, 9.17) is 37.9 Å². The molecule has 0 bridgehead atoms. The van der Waals surface area contributed by atoms with Gasteiger partial charge in [0.1, 0.15) is 63.8 Å². The van der Waals surface area contributed by atoms with Gasteiger partial charge in [0, 0.05) is 0 Å². The van der Waals surface area contributed by atoms with Crippen LogP contribution in [0.2, 0.25) is 0 Å². The molecule has 4 aliphatic heterocycles. The zero-order valence-corrected chi connectivity index (χ0v) is 11.0. The minimum Gasteiger partial charge on any atom is -0.353 e. The van der Waals surface area contributed by atoms with Gasteiger partial charge in [-0.15, -0.1) is 0 Å². The minimum absolute atomic E-state index is 0.131. The summed E-state index contributed by atoms with van der Waals surface area (Å²) in [5, 5.41) is 0. The molecule has 0 aliphatic carbocycles. The Hall–Kier alpha value is -0.320. The fourth-order valence-electron chi connectivity index (χ4n) is 3.05. The molecule has 0 amide bonds. The first-order valence-electron chi connectivity index (χ1n) is 6.78. The SMILES string of the molecule is C1O[C@H]([C@@H]2OCO[C@H]2[C@H]2COCO2)[C@H]([C@@H]2COCO2)O1. The van der Waals surface area contributed by atoms with E-state index < -0.39 is 0 Å². The molecule has 4 heterocycles. The highest BCUT2D eigenvalue weighted by molar-refractivity contribution is 4.96. The molecule has 4 aliphatic rings. The molecule has 0 spiro atoms. The lowest BCUT2D eigenvalue weighted by molar-refractivity contribution is -0.0691. The van der Waals surface area contributed by atoms with Crippen LogP contribution in [0.25, 0.3) is 0 Å². The lowest BCUT2D eigenvalue weighted by Crippen LogP contribution is -2.50. The highest BCUT2D eigenvalue weighted by Gasteiger charge is 2.51. The minimum atomic E-state index is -0.251. The predicted molar refractivity (Wildman–Crippen MR) is 60.6 cm³/mol. The van der Waals surface area contributed by atoms with Crippen molar-refractivity contribution in [3.05, 3.63) is 0 Å². The van der Waals surface area contributed by atoms with Gasteiger partial charge in [0.2, 0.25) is 0 Å². The number of rotatable bonds is 3. The third kappa shape index (κ3) is 2.36. The van der Waals surface area contributed by atoms with Gasteiger partial charge in [0.05, 0.1) is 13.2 Å². The third-order valence-electron chi connectivity index (χ3n) is 4.04. The van der Waals surface area contributed by atoms with Gasteiger partial charge in [-0.2, -0.15) is 0 Å². The fraction of sp³-hybridized carbons (Fsp3) is 1.00. The summed E-state index contributed by atoms with van der Waals surface area (Å²) in [5.41, 5.74) is 0. The zero-order valence-electron chi connectivity index (χ0n) is 11.0. The third-order valence-corrected chi connectivity index (χ3v) is 4.04. The Kier molecular flexibility index (Phi) is 3.88. The van der Waals surface area contributed by atoms with Gasteiger partial charge in [-0.25, -0.2) is 0 Å². The van der Waals surface area contributed by atoms with Crippen LogP contribution in [0.15, 0.2) is 0 Å². The Bertz CT molecular complexity index is 295. The van der Waals surface area contributed by atoms with Crippen LogP contribution in [0.5, 0.6) is 0 Å². The number of ether oxygens (including phenoxy) is 8. The van der Waals surface area contributed by atoms with E-state index in [9.17, 15) is 0 Å². The summed E-state index contributed by atoms with van der Waals surface area (Å²) in [7, 11) is 0. The molecular formula is C12H18O8. The van der Waals surface area contributed by atoms with Crippen molar-refractivity contribution in [1.29, 1.82) is 0 Å². The summed E-state index contributed by atoms with van der Waals surface area (Å²) in [5.74, 6) is 0. The van der Waals surface area contributed by atoms with Crippen molar-refractivity contribution in [3.8, 4) is 0 Å². The van der Waals surface area contributed by atoms with Crippen molar-refractivity contribution >= 4 is 0 Å². The second-order valence-corrected chi connectivity index (χ2v) is 5.15. The molecule has 4 rings (SSSR count). The zero-order chi connectivity index (χ0) is 13.4. The summed E-state index contributed by atoms with van der Waals surface area (Å²) >= 11 is 0. The number of hydrogen-bond donors (Lipinski definition) is 0. The van der Waals surface area contributed by atoms with Gasteiger partial charge in [-0.1, -0.05) is 0 Å². The van der Waals surface area contributed by atoms with E-state index in [-0.39, 0.29) is 50.2 Å². The van der Waals surface area contributed by atoms with Crippen LogP contribution in [0.4, 0.5) is 0 Å². The van der Waals surface area contributed by atoms with Crippen molar-refractivity contribution in [2.24, 2.45) is 0 Å². The normalized spacial score (nSPS) is 49.2. The molecule has 4 fully saturated rings. The van der Waals surface area contributed by atoms with E-state index in [1.54, 1.807) is 0 Å². The average Bonchev–Trinajstić information content (AvgIpc) is 3.23. The molecule has 0 aromatic carbocycles. The molecule has 4 saturated heterocycles. The van der Waals surface area contributed by atoms with Gasteiger partial charge in [0.15, 0.2) is 0 Å². The maximum Gasteiger partial charge on any atom is 0.148 e. The van der Waals surface area contributed by atoms with Crippen molar-refractivity contribution in [1.82, 2.24) is 0 Å². The van der Waals surface area contributed by atoms with Gasteiger partial charge in [-0.3, -0.25) is 0 Å². The molecule has 0 saturated carbocycles. The van der Waals surface area contributed by atoms with Crippen LogP contribution < -0.4 is 0 Å². The van der Waals surface area contributed by atoms with Crippen LogP contribution in [0.1, 0.15) is 0 Å². The van der Waals surface area contributed by atoms with E-state index >= 15 is 0 Å². The van der Waals surface area contributed by atoms with Crippen LogP contribution in [0.3, 0.4) is 0 Å². The maximum absolute atomic E-state index is 5.69. The summed E-state index contributed by atoms with van der Waals surface area (Å²) in [6, 6.07) is 0. The quantitative estimate of drug-likeness (QED) is 0.670. The van der Waals surface area contributed by atoms with E-state index in [2.05, 4.69) is 0 Å². The average molecular weight is 290 g/mol. The van der Waals surface area contributed by atoms with Crippen molar-refractivity contribution in [3.63, 3.8) is 0 Å². The molecule has 0 unspecified atom stereocenters. The first-order chi connectivity index (χ1) is 9.93. The number of hydrogen-bond acceptors (Lipinski definition) is 8. The highest BCUT2D eigenvalue weighted by atomic mass is 16.8. The summed E-state index contributed by atoms with van der Waals surface area (Å²) in [6.45, 7) is 2.05. The van der Waals surface area contributed by atoms with Gasteiger partial charge in [0.25, 0.3) is 0 Å². The standard InChI is InChI=1S/C12H18O8/c1-7(15-3-13-1)9-11(19-5-17-9)12-10(18-6-20-12)8-2-14-4-16-8/h7-12H,1-6H2/t7-,8+,9-,10-,11-,12+/m0/s1. The first kappa shape index (κ1) is 13.4. The van der Waals surface area contributed by atoms with E-state index in [0.29, 0.717) is 26.8 Å². The van der Waals surface area contributed by atoms with Crippen LogP contribution in [0, 0.1) is 0 Å². The largest absolute Gasteiger partial charge is 0.353 e. The monoisotopic (exact) mass is 290 g/mol. The Morgan fingerprint density at radius 3 is 1.30 bits per heavy atom. The van der Waals surface area contributed by atoms with Crippen molar-refractivity contribution < 1.29 is 37.9 Å². The molecule has 6 atom stereocenters. The Balaban J connectivity index is 1.46. The molecule has 0 radical (unpaired) electrons. The first-order valence-corrected chi connectivity index (χ1v) is 6.78. The molecule has 0 aromatic heterocycles. The molecule has 0 N–H and O–H groups in total. The molecule has 8 heteroatoms. The lowest BCUT2D eigenvalue weighted by Gasteiger charge is -2.29. The van der Waals surface area contributed by atoms with Gasteiger partial charge < -0.3 is 37.9 Å². The highest BCUT2D eigenvalue weighted by Crippen LogP contribution is 2.32. The van der Waals surface area contributed by atoms with Crippen LogP contribution in [-0.4, -0.2) is 77.0 Å². The summed E-state index contributed by atoms with van der Waals surface area (Å²) in [4.78, 5) is 0. The Labute approximate surface area is 116 Å². The molecule has 114 valence electrons. The predicted octanol–water partition coefficient (Wildman–Crippen LogP) is -0.785. The molecule has 8 nitrogen and oxygen atoms in total. The second-order valence-electron chi connectivity index (χ2n) is 5.15. The van der Waals surface area contributed by atoms with Crippen molar-refractivity contribution in [2.75, 3.05) is 40.4 Å². The van der Waals surface area contributed by atoms with Gasteiger partial charge >= 0.3 is 0 Å². The smallest absolute Gasteiger partial charge is 0.148 e. The Morgan fingerprint density at radius 1 is 0.450 bits per heavy atom. The van der Waals surface area contributed by atoms with E-state index in [1.807, 2.05) is 0 Å². The topological polar surface area (TPSA) is 73.8 Å². The molecular weight excluding hydrogens is 272 g/mol. The second kappa shape index (κ2) is 5.82. The van der Waals surface area contributed by atoms with Crippen LogP contribution in [-0.2, 0) is 37.9 Å². The van der Waals surface area contributed by atoms with Crippen LogP contribution >= 0.6 is 0 Å². The summed E-state index contributed by atoms with van der Waals surface area (Å²) < 4.78 is 44.1. The Morgan fingerprint density at radius 2 is 0.900 bits per heavy atom. The summed E-state index contributed by atoms with van der Waals surface area (Å²) in [6.07, 6.45) is -1.19. The molecule has 20 heavy (non-hydrogen) atoms. The van der Waals surface area contributed by atoms with E-state index in [1.165, 1.54) is 0 Å². The van der Waals surface area contributed by atoms with E-state index in [0.717, 1.165) is 0 Å². The fourth-order valence-corrected chi connectivity index (χ4v) is 3.05. The lowest BCUT2D eigenvalue weighted by atomic mass is 9.97. The maximum atomic E-state index is 5.69. The molecule has 0 aromatic rings. The van der Waals surface area contributed by atoms with Gasteiger partial charge in [-0.05, 0) is 0 Å². The van der Waals surface area contributed by atoms with Crippen molar-refractivity contribution in [2.45, 2.75) is 36.6 Å².